The third-order valence-corrected chi connectivity index (χ3v) is 4.94. The largest absolute Gasteiger partial charge is 0.396 e. The Bertz CT molecular complexity index is 887. The van der Waals surface area contributed by atoms with Crippen LogP contribution in [0.2, 0.25) is 5.02 Å². The molecule has 142 valence electrons. The molecule has 0 unspecified atom stereocenters. The Morgan fingerprint density at radius 3 is 2.56 bits per heavy atom. The van der Waals surface area contributed by atoms with Crippen molar-refractivity contribution in [2.75, 3.05) is 6.61 Å². The molecule has 0 spiro atoms. The molecule has 27 heavy (non-hydrogen) atoms. The van der Waals surface area contributed by atoms with E-state index in [-0.39, 0.29) is 24.1 Å². The van der Waals surface area contributed by atoms with E-state index in [1.807, 2.05) is 30.3 Å². The van der Waals surface area contributed by atoms with Crippen LogP contribution in [0, 0.1) is 0 Å². The smallest absolute Gasteiger partial charge is 0.251 e. The van der Waals surface area contributed by atoms with Crippen LogP contribution in [0.5, 0.6) is 0 Å². The number of H-pyrrole nitrogens is 1. The molecule has 0 radical (unpaired) electrons. The van der Waals surface area contributed by atoms with Gasteiger partial charge in [0.2, 0.25) is 5.91 Å². The number of halogens is 1. The molecule has 0 bridgehead atoms. The molecular formula is C21H23ClN2O3. The van der Waals surface area contributed by atoms with Crippen LogP contribution in [0.3, 0.4) is 0 Å². The van der Waals surface area contributed by atoms with Crippen molar-refractivity contribution in [2.24, 2.45) is 0 Å². The van der Waals surface area contributed by atoms with Gasteiger partial charge in [-0.05, 0) is 49.4 Å². The maximum Gasteiger partial charge on any atom is 0.251 e. The summed E-state index contributed by atoms with van der Waals surface area (Å²) in [4.78, 5) is 27.0. The van der Waals surface area contributed by atoms with Crippen molar-refractivity contribution in [1.29, 1.82) is 0 Å². The highest BCUT2D eigenvalue weighted by molar-refractivity contribution is 6.30. The standard InChI is InChI=1S/C21H23ClN2O3/c22-16-7-4-14(5-8-16)18(13-17-9-11-20(26)23-17)19-10-6-15(21(27)24-19)3-1-2-12-25/h4-8,10,13,17,25H,1-3,9,11-12H2,(H,23,26)(H,24,27)/b18-13-/t17-/m1/s1. The number of hydrogen-bond acceptors (Lipinski definition) is 3. The second-order valence-electron chi connectivity index (χ2n) is 6.71. The maximum atomic E-state index is 12.5. The van der Waals surface area contributed by atoms with Crippen LogP contribution in [0.4, 0.5) is 0 Å². The van der Waals surface area contributed by atoms with E-state index >= 15 is 0 Å². The van der Waals surface area contributed by atoms with Gasteiger partial charge in [0.25, 0.3) is 5.56 Å². The van der Waals surface area contributed by atoms with Gasteiger partial charge in [0.1, 0.15) is 0 Å². The minimum absolute atomic E-state index is 0.0411. The number of carbonyl (C=O) groups is 1. The summed E-state index contributed by atoms with van der Waals surface area (Å²) in [6.45, 7) is 0.131. The third kappa shape index (κ3) is 5.08. The monoisotopic (exact) mass is 386 g/mol. The lowest BCUT2D eigenvalue weighted by molar-refractivity contribution is -0.119. The number of aromatic nitrogens is 1. The van der Waals surface area contributed by atoms with Crippen LogP contribution >= 0.6 is 11.6 Å². The summed E-state index contributed by atoms with van der Waals surface area (Å²) in [5.41, 5.74) is 3.06. The van der Waals surface area contributed by atoms with Crippen molar-refractivity contribution in [2.45, 2.75) is 38.1 Å². The van der Waals surface area contributed by atoms with Crippen LogP contribution in [0.15, 0.2) is 47.3 Å². The fourth-order valence-electron chi connectivity index (χ4n) is 3.22. The summed E-state index contributed by atoms with van der Waals surface area (Å²) in [6, 6.07) is 11.1. The van der Waals surface area contributed by atoms with Crippen molar-refractivity contribution < 1.29 is 9.90 Å². The van der Waals surface area contributed by atoms with E-state index in [0.717, 1.165) is 24.0 Å². The third-order valence-electron chi connectivity index (χ3n) is 4.69. The van der Waals surface area contributed by atoms with Crippen molar-refractivity contribution in [3.63, 3.8) is 0 Å². The first-order valence-corrected chi connectivity index (χ1v) is 9.55. The molecule has 6 heteroatoms. The summed E-state index contributed by atoms with van der Waals surface area (Å²) in [5, 5.41) is 12.5. The van der Waals surface area contributed by atoms with Gasteiger partial charge in [-0.2, -0.15) is 0 Å². The minimum Gasteiger partial charge on any atom is -0.396 e. The highest BCUT2D eigenvalue weighted by atomic mass is 35.5. The van der Waals surface area contributed by atoms with Gasteiger partial charge in [-0.25, -0.2) is 0 Å². The zero-order chi connectivity index (χ0) is 19.2. The lowest BCUT2D eigenvalue weighted by Gasteiger charge is -2.13. The van der Waals surface area contributed by atoms with Gasteiger partial charge in [-0.1, -0.05) is 35.9 Å². The van der Waals surface area contributed by atoms with Gasteiger partial charge in [0.05, 0.1) is 0 Å². The Labute approximate surface area is 163 Å². The van der Waals surface area contributed by atoms with Crippen molar-refractivity contribution in [3.05, 3.63) is 74.7 Å². The molecular weight excluding hydrogens is 364 g/mol. The number of aliphatic hydroxyl groups excluding tert-OH is 1. The molecule has 1 aliphatic rings. The van der Waals surface area contributed by atoms with Crippen LogP contribution < -0.4 is 10.9 Å². The zero-order valence-electron chi connectivity index (χ0n) is 15.0. The minimum atomic E-state index is -0.124. The fourth-order valence-corrected chi connectivity index (χ4v) is 3.35. The molecule has 1 aliphatic heterocycles. The highest BCUT2D eigenvalue weighted by Gasteiger charge is 2.20. The Balaban J connectivity index is 1.94. The predicted octanol–water partition coefficient (Wildman–Crippen LogP) is 3.05. The number of pyridine rings is 1. The first-order chi connectivity index (χ1) is 13.1. The van der Waals surface area contributed by atoms with E-state index < -0.39 is 0 Å². The van der Waals surface area contributed by atoms with Crippen LogP contribution in [-0.2, 0) is 11.2 Å². The van der Waals surface area contributed by atoms with Crippen molar-refractivity contribution >= 4 is 23.1 Å². The molecule has 3 N–H and O–H groups in total. The van der Waals surface area contributed by atoms with E-state index in [1.54, 1.807) is 12.1 Å². The number of unbranched alkanes of at least 4 members (excludes halogenated alkanes) is 1. The molecule has 2 heterocycles. The maximum absolute atomic E-state index is 12.5. The van der Waals surface area contributed by atoms with E-state index in [2.05, 4.69) is 10.3 Å². The number of aryl methyl sites for hydroxylation is 1. The van der Waals surface area contributed by atoms with Crippen molar-refractivity contribution in [1.82, 2.24) is 10.3 Å². The van der Waals surface area contributed by atoms with Crippen LogP contribution in [0.1, 0.15) is 42.5 Å². The number of hydrogen-bond donors (Lipinski definition) is 3. The van der Waals surface area contributed by atoms with Gasteiger partial charge in [-0.3, -0.25) is 9.59 Å². The van der Waals surface area contributed by atoms with Gasteiger partial charge >= 0.3 is 0 Å². The molecule has 2 aromatic rings. The molecule has 3 rings (SSSR count). The second-order valence-corrected chi connectivity index (χ2v) is 7.14. The first-order valence-electron chi connectivity index (χ1n) is 9.17. The summed E-state index contributed by atoms with van der Waals surface area (Å²) in [7, 11) is 0. The van der Waals surface area contributed by atoms with E-state index in [1.165, 1.54) is 0 Å². The zero-order valence-corrected chi connectivity index (χ0v) is 15.8. The second kappa shape index (κ2) is 9.02. The van der Waals surface area contributed by atoms with E-state index in [4.69, 9.17) is 16.7 Å². The molecule has 1 atom stereocenters. The highest BCUT2D eigenvalue weighted by Crippen LogP contribution is 2.25. The number of rotatable bonds is 7. The SMILES string of the molecule is O=C1CC[C@H](/C=C(/c2ccc(Cl)cc2)c2ccc(CCCCO)c(=O)[nH]2)N1. The lowest BCUT2D eigenvalue weighted by atomic mass is 9.98. The number of benzene rings is 1. The van der Waals surface area contributed by atoms with Crippen LogP contribution in [0.25, 0.3) is 5.57 Å². The van der Waals surface area contributed by atoms with Gasteiger partial charge < -0.3 is 15.4 Å². The Morgan fingerprint density at radius 2 is 1.93 bits per heavy atom. The number of aliphatic hydroxyl groups is 1. The van der Waals surface area contributed by atoms with Gasteiger partial charge in [0.15, 0.2) is 0 Å². The van der Waals surface area contributed by atoms with Gasteiger partial charge in [0, 0.05) is 40.9 Å². The predicted molar refractivity (Wildman–Crippen MR) is 107 cm³/mol. The number of amides is 1. The van der Waals surface area contributed by atoms with E-state index in [9.17, 15) is 9.59 Å². The quantitative estimate of drug-likeness (QED) is 0.639. The molecule has 5 nitrogen and oxygen atoms in total. The number of aromatic amines is 1. The normalized spacial score (nSPS) is 17.2. The molecule has 1 saturated heterocycles. The molecule has 1 amide bonds. The molecule has 1 fully saturated rings. The summed E-state index contributed by atoms with van der Waals surface area (Å²) < 4.78 is 0. The molecule has 1 aromatic carbocycles. The van der Waals surface area contributed by atoms with E-state index in [0.29, 0.717) is 35.5 Å². The summed E-state index contributed by atoms with van der Waals surface area (Å²) >= 11 is 6.01. The Kier molecular flexibility index (Phi) is 6.48. The number of nitrogens with one attached hydrogen (secondary N) is 2. The number of carbonyl (C=O) groups excluding carboxylic acids is 1. The average Bonchev–Trinajstić information content (AvgIpc) is 3.07. The Morgan fingerprint density at radius 1 is 1.15 bits per heavy atom. The first kappa shape index (κ1) is 19.4. The van der Waals surface area contributed by atoms with Crippen LogP contribution in [-0.4, -0.2) is 28.6 Å². The summed E-state index contributed by atoms with van der Waals surface area (Å²) in [5.74, 6) is 0.0411. The Hall–Kier alpha value is -2.37. The fraction of sp³-hybridized carbons (Fsp3) is 0.333. The van der Waals surface area contributed by atoms with Crippen molar-refractivity contribution in [3.8, 4) is 0 Å². The summed E-state index contributed by atoms with van der Waals surface area (Å²) in [6.07, 6.45) is 5.32. The molecule has 0 aliphatic carbocycles. The van der Waals surface area contributed by atoms with Gasteiger partial charge in [-0.15, -0.1) is 0 Å². The molecule has 0 saturated carbocycles. The topological polar surface area (TPSA) is 82.2 Å². The lowest BCUT2D eigenvalue weighted by Crippen LogP contribution is -2.23. The average molecular weight is 387 g/mol. The molecule has 1 aromatic heterocycles.